The summed E-state index contributed by atoms with van der Waals surface area (Å²) in [4.78, 5) is 8.58. The molecular weight excluding hydrogens is 284 g/mol. The molecule has 0 radical (unpaired) electrons. The monoisotopic (exact) mass is 302 g/mol. The highest BCUT2D eigenvalue weighted by Crippen LogP contribution is 2.25. The molecule has 0 aliphatic heterocycles. The zero-order valence-corrected chi connectivity index (χ0v) is 12.8. The Morgan fingerprint density at radius 1 is 1.10 bits per heavy atom. The van der Waals surface area contributed by atoms with Gasteiger partial charge in [-0.25, -0.2) is 9.97 Å². The van der Waals surface area contributed by atoms with Crippen LogP contribution in [0.4, 0.5) is 17.3 Å². The van der Waals surface area contributed by atoms with Crippen LogP contribution < -0.4 is 10.6 Å². The van der Waals surface area contributed by atoms with E-state index in [1.165, 1.54) is 25.7 Å². The summed E-state index contributed by atoms with van der Waals surface area (Å²) < 4.78 is 0. The third kappa shape index (κ3) is 3.64. The molecule has 21 heavy (non-hydrogen) atoms. The number of nitrogens with zero attached hydrogens (tertiary/aromatic N) is 2. The second-order valence-corrected chi connectivity index (χ2v) is 5.93. The summed E-state index contributed by atoms with van der Waals surface area (Å²) in [5, 5.41) is 7.53. The van der Waals surface area contributed by atoms with Crippen molar-refractivity contribution < 1.29 is 0 Å². The lowest BCUT2D eigenvalue weighted by Gasteiger charge is -2.14. The van der Waals surface area contributed by atoms with E-state index >= 15 is 0 Å². The zero-order chi connectivity index (χ0) is 14.7. The maximum Gasteiger partial charge on any atom is 0.135 e. The van der Waals surface area contributed by atoms with Crippen molar-refractivity contribution in [1.82, 2.24) is 9.97 Å². The highest BCUT2D eigenvalue weighted by molar-refractivity contribution is 6.30. The number of anilines is 3. The van der Waals surface area contributed by atoms with Crippen LogP contribution in [0.2, 0.25) is 5.02 Å². The fraction of sp³-hybridized carbons (Fsp3) is 0.375. The molecule has 1 aliphatic rings. The molecule has 3 rings (SSSR count). The molecule has 1 aromatic carbocycles. The predicted molar refractivity (Wildman–Crippen MR) is 87.4 cm³/mol. The third-order valence-electron chi connectivity index (χ3n) is 3.83. The van der Waals surface area contributed by atoms with E-state index in [1.54, 1.807) is 6.33 Å². The Balaban J connectivity index is 1.73. The van der Waals surface area contributed by atoms with Crippen molar-refractivity contribution >= 4 is 28.9 Å². The lowest BCUT2D eigenvalue weighted by molar-refractivity contribution is 0.750. The van der Waals surface area contributed by atoms with Gasteiger partial charge in [0, 0.05) is 22.8 Å². The van der Waals surface area contributed by atoms with Gasteiger partial charge in [-0.2, -0.15) is 0 Å². The van der Waals surface area contributed by atoms with Crippen LogP contribution >= 0.6 is 11.6 Å². The van der Waals surface area contributed by atoms with Crippen LogP contribution in [0, 0.1) is 6.92 Å². The first-order valence-electron chi connectivity index (χ1n) is 7.32. The topological polar surface area (TPSA) is 49.8 Å². The summed E-state index contributed by atoms with van der Waals surface area (Å²) in [6.07, 6.45) is 6.65. The van der Waals surface area contributed by atoms with Crippen LogP contribution in [0.25, 0.3) is 0 Å². The number of hydrogen-bond donors (Lipinski definition) is 2. The number of aromatic nitrogens is 2. The van der Waals surface area contributed by atoms with Crippen molar-refractivity contribution in [1.29, 1.82) is 0 Å². The van der Waals surface area contributed by atoms with Crippen molar-refractivity contribution in [2.45, 2.75) is 38.6 Å². The summed E-state index contributed by atoms with van der Waals surface area (Å²) in [6.45, 7) is 2.02. The SMILES string of the molecule is Cc1cc(Cl)ccc1Nc1cc(NC2CCCC2)ncn1. The van der Waals surface area contributed by atoms with Crippen LogP contribution in [0.15, 0.2) is 30.6 Å². The molecule has 1 fully saturated rings. The maximum absolute atomic E-state index is 5.98. The molecule has 5 heteroatoms. The minimum atomic E-state index is 0.546. The molecule has 2 N–H and O–H groups in total. The Kier molecular flexibility index (Phi) is 4.25. The van der Waals surface area contributed by atoms with E-state index < -0.39 is 0 Å². The average Bonchev–Trinajstić information content (AvgIpc) is 2.95. The van der Waals surface area contributed by atoms with E-state index in [4.69, 9.17) is 11.6 Å². The first kappa shape index (κ1) is 14.1. The van der Waals surface area contributed by atoms with Crippen LogP contribution in [-0.2, 0) is 0 Å². The van der Waals surface area contributed by atoms with Crippen molar-refractivity contribution in [3.8, 4) is 0 Å². The Morgan fingerprint density at radius 2 is 1.86 bits per heavy atom. The van der Waals surface area contributed by atoms with Gasteiger partial charge in [0.1, 0.15) is 18.0 Å². The van der Waals surface area contributed by atoms with Gasteiger partial charge < -0.3 is 10.6 Å². The van der Waals surface area contributed by atoms with Gasteiger partial charge in [0.15, 0.2) is 0 Å². The summed E-state index contributed by atoms with van der Waals surface area (Å²) in [6, 6.07) is 8.26. The van der Waals surface area contributed by atoms with Gasteiger partial charge in [0.25, 0.3) is 0 Å². The molecule has 0 unspecified atom stereocenters. The van der Waals surface area contributed by atoms with Gasteiger partial charge in [0.05, 0.1) is 0 Å². The number of benzene rings is 1. The minimum absolute atomic E-state index is 0.546. The van der Waals surface area contributed by atoms with E-state index in [0.29, 0.717) is 6.04 Å². The van der Waals surface area contributed by atoms with Crippen molar-refractivity contribution in [3.05, 3.63) is 41.2 Å². The molecule has 1 aliphatic carbocycles. The van der Waals surface area contributed by atoms with Crippen LogP contribution in [0.5, 0.6) is 0 Å². The number of halogens is 1. The van der Waals surface area contributed by atoms with Gasteiger partial charge in [-0.05, 0) is 43.5 Å². The fourth-order valence-corrected chi connectivity index (χ4v) is 2.92. The Bertz CT molecular complexity index is 623. The summed E-state index contributed by atoms with van der Waals surface area (Å²) in [7, 11) is 0. The highest BCUT2D eigenvalue weighted by Gasteiger charge is 2.15. The number of rotatable bonds is 4. The number of nitrogens with one attached hydrogen (secondary N) is 2. The third-order valence-corrected chi connectivity index (χ3v) is 4.06. The molecule has 1 saturated carbocycles. The molecule has 0 amide bonds. The molecule has 0 atom stereocenters. The Hall–Kier alpha value is -1.81. The lowest BCUT2D eigenvalue weighted by Crippen LogP contribution is -2.15. The van der Waals surface area contributed by atoms with Crippen molar-refractivity contribution in [2.24, 2.45) is 0 Å². The van der Waals surface area contributed by atoms with Gasteiger partial charge in [-0.3, -0.25) is 0 Å². The lowest BCUT2D eigenvalue weighted by atomic mass is 10.2. The first-order chi connectivity index (χ1) is 10.2. The summed E-state index contributed by atoms with van der Waals surface area (Å²) in [5.41, 5.74) is 2.09. The molecule has 1 heterocycles. The van der Waals surface area contributed by atoms with Crippen LogP contribution in [-0.4, -0.2) is 16.0 Å². The standard InChI is InChI=1S/C16H19ClN4/c1-11-8-12(17)6-7-14(11)21-16-9-15(18-10-19-16)20-13-4-2-3-5-13/h6-10,13H,2-5H2,1H3,(H2,18,19,20,21). The van der Waals surface area contributed by atoms with E-state index in [2.05, 4.69) is 20.6 Å². The quantitative estimate of drug-likeness (QED) is 0.871. The molecule has 2 aromatic rings. The van der Waals surface area contributed by atoms with Crippen LogP contribution in [0.1, 0.15) is 31.2 Å². The fourth-order valence-electron chi connectivity index (χ4n) is 2.69. The Morgan fingerprint density at radius 3 is 2.62 bits per heavy atom. The van der Waals surface area contributed by atoms with Crippen molar-refractivity contribution in [3.63, 3.8) is 0 Å². The average molecular weight is 303 g/mol. The second-order valence-electron chi connectivity index (χ2n) is 5.50. The molecule has 1 aromatic heterocycles. The largest absolute Gasteiger partial charge is 0.367 e. The molecule has 4 nitrogen and oxygen atoms in total. The van der Waals surface area contributed by atoms with Crippen LogP contribution in [0.3, 0.4) is 0 Å². The smallest absolute Gasteiger partial charge is 0.135 e. The molecule has 0 bridgehead atoms. The van der Waals surface area contributed by atoms with Gasteiger partial charge in [-0.1, -0.05) is 24.4 Å². The minimum Gasteiger partial charge on any atom is -0.367 e. The molecule has 0 spiro atoms. The van der Waals surface area contributed by atoms with E-state index in [0.717, 1.165) is 27.9 Å². The van der Waals surface area contributed by atoms with E-state index in [1.807, 2.05) is 31.2 Å². The van der Waals surface area contributed by atoms with Gasteiger partial charge in [0.2, 0.25) is 0 Å². The number of hydrogen-bond acceptors (Lipinski definition) is 4. The zero-order valence-electron chi connectivity index (χ0n) is 12.1. The van der Waals surface area contributed by atoms with E-state index in [-0.39, 0.29) is 0 Å². The molecular formula is C16H19ClN4. The predicted octanol–water partition coefficient (Wildman–Crippen LogP) is 4.54. The van der Waals surface area contributed by atoms with Gasteiger partial charge in [-0.15, -0.1) is 0 Å². The van der Waals surface area contributed by atoms with Crippen molar-refractivity contribution in [2.75, 3.05) is 10.6 Å². The second kappa shape index (κ2) is 6.31. The molecule has 0 saturated heterocycles. The summed E-state index contributed by atoms with van der Waals surface area (Å²) in [5.74, 6) is 1.67. The molecule has 110 valence electrons. The normalized spacial score (nSPS) is 15.1. The van der Waals surface area contributed by atoms with Gasteiger partial charge >= 0.3 is 0 Å². The first-order valence-corrected chi connectivity index (χ1v) is 7.70. The summed E-state index contributed by atoms with van der Waals surface area (Å²) >= 11 is 5.98. The maximum atomic E-state index is 5.98. The number of aryl methyl sites for hydroxylation is 1. The van der Waals surface area contributed by atoms with E-state index in [9.17, 15) is 0 Å². The Labute approximate surface area is 130 Å². The highest BCUT2D eigenvalue weighted by atomic mass is 35.5.